The largest absolute Gasteiger partial charge is 0.474 e. The first-order valence-electron chi connectivity index (χ1n) is 8.63. The van der Waals surface area contributed by atoms with Crippen LogP contribution in [0.2, 0.25) is 0 Å². The van der Waals surface area contributed by atoms with Crippen LogP contribution in [0.25, 0.3) is 0 Å². The van der Waals surface area contributed by atoms with Crippen molar-refractivity contribution in [2.24, 2.45) is 5.73 Å². The van der Waals surface area contributed by atoms with Crippen LogP contribution in [-0.4, -0.2) is 47.6 Å². The van der Waals surface area contributed by atoms with Crippen LogP contribution in [0.3, 0.4) is 0 Å². The van der Waals surface area contributed by atoms with Crippen molar-refractivity contribution in [2.45, 2.75) is 18.9 Å². The number of nitrogens with two attached hydrogens (primary N) is 1. The van der Waals surface area contributed by atoms with Crippen LogP contribution in [-0.2, 0) is 4.79 Å². The van der Waals surface area contributed by atoms with Crippen molar-refractivity contribution < 1.29 is 14.3 Å². The summed E-state index contributed by atoms with van der Waals surface area (Å²) < 4.78 is 5.85. The van der Waals surface area contributed by atoms with Crippen molar-refractivity contribution in [3.63, 3.8) is 0 Å². The molecule has 0 bridgehead atoms. The van der Waals surface area contributed by atoms with E-state index in [1.165, 1.54) is 0 Å². The van der Waals surface area contributed by atoms with Gasteiger partial charge in [-0.25, -0.2) is 14.7 Å². The molecular weight excluding hydrogens is 332 g/mol. The lowest BCUT2D eigenvalue weighted by Gasteiger charge is -2.34. The third-order valence-corrected chi connectivity index (χ3v) is 4.27. The number of para-hydroxylation sites is 1. The average Bonchev–Trinajstić information content (AvgIpc) is 2.70. The number of ether oxygens (including phenoxy) is 1. The highest BCUT2D eigenvalue weighted by Gasteiger charge is 2.30. The number of amides is 3. The lowest BCUT2D eigenvalue weighted by molar-refractivity contribution is -0.116. The number of urea groups is 1. The molecule has 1 aliphatic rings. The molecule has 7 heteroatoms. The first-order valence-corrected chi connectivity index (χ1v) is 8.63. The van der Waals surface area contributed by atoms with E-state index in [-0.39, 0.29) is 18.7 Å². The topological polar surface area (TPSA) is 88.8 Å². The highest BCUT2D eigenvalue weighted by molar-refractivity contribution is 6.14. The van der Waals surface area contributed by atoms with Crippen LogP contribution in [0, 0.1) is 0 Å². The van der Waals surface area contributed by atoms with Crippen molar-refractivity contribution >= 4 is 17.6 Å². The second-order valence-corrected chi connectivity index (χ2v) is 6.02. The number of nitrogens with zero attached hydrogens (tertiary/aromatic N) is 3. The molecule has 1 aromatic carbocycles. The molecule has 3 amide bonds. The second kappa shape index (κ2) is 8.44. The average molecular weight is 354 g/mol. The molecule has 1 aliphatic heterocycles. The number of likely N-dealkylation sites (tertiary alicyclic amines) is 1. The van der Waals surface area contributed by atoms with Gasteiger partial charge >= 0.3 is 6.03 Å². The minimum Gasteiger partial charge on any atom is -0.474 e. The molecule has 2 N–H and O–H groups in total. The first kappa shape index (κ1) is 17.9. The van der Waals surface area contributed by atoms with E-state index in [9.17, 15) is 9.59 Å². The van der Waals surface area contributed by atoms with Gasteiger partial charge in [-0.2, -0.15) is 0 Å². The van der Waals surface area contributed by atoms with E-state index in [0.29, 0.717) is 37.5 Å². The molecule has 0 saturated carbocycles. The molecule has 7 nitrogen and oxygen atoms in total. The summed E-state index contributed by atoms with van der Waals surface area (Å²) in [5.74, 6) is 0.162. The van der Waals surface area contributed by atoms with Gasteiger partial charge in [-0.3, -0.25) is 4.79 Å². The van der Waals surface area contributed by atoms with Gasteiger partial charge in [0.15, 0.2) is 0 Å². The Morgan fingerprint density at radius 2 is 1.81 bits per heavy atom. The van der Waals surface area contributed by atoms with Gasteiger partial charge in [0.1, 0.15) is 6.10 Å². The Kier molecular flexibility index (Phi) is 5.80. The summed E-state index contributed by atoms with van der Waals surface area (Å²) in [5, 5.41) is 0. The van der Waals surface area contributed by atoms with Gasteiger partial charge in [-0.15, -0.1) is 0 Å². The van der Waals surface area contributed by atoms with E-state index in [0.717, 1.165) is 4.90 Å². The molecule has 2 heterocycles. The minimum atomic E-state index is -0.423. The van der Waals surface area contributed by atoms with Gasteiger partial charge in [0.2, 0.25) is 11.8 Å². The summed E-state index contributed by atoms with van der Waals surface area (Å²) >= 11 is 0. The van der Waals surface area contributed by atoms with Crippen LogP contribution in [0.5, 0.6) is 5.88 Å². The second-order valence-electron chi connectivity index (χ2n) is 6.02. The predicted octanol–water partition coefficient (Wildman–Crippen LogP) is 2.04. The molecule has 1 fully saturated rings. The summed E-state index contributed by atoms with van der Waals surface area (Å²) in [6.07, 6.45) is 3.05. The monoisotopic (exact) mass is 354 g/mol. The zero-order valence-electron chi connectivity index (χ0n) is 14.5. The predicted molar refractivity (Wildman–Crippen MR) is 97.8 cm³/mol. The summed E-state index contributed by atoms with van der Waals surface area (Å²) in [7, 11) is 0. The highest BCUT2D eigenvalue weighted by Crippen LogP contribution is 2.21. The SMILES string of the molecule is NCC(=O)N(C(=O)N1CCC(Oc2ccccn2)CC1)c1ccccc1. The number of imide groups is 1. The Morgan fingerprint density at radius 3 is 2.42 bits per heavy atom. The van der Waals surface area contributed by atoms with Gasteiger partial charge < -0.3 is 15.4 Å². The molecule has 0 aliphatic carbocycles. The maximum atomic E-state index is 12.9. The highest BCUT2D eigenvalue weighted by atomic mass is 16.5. The Balaban J connectivity index is 1.63. The molecule has 26 heavy (non-hydrogen) atoms. The number of hydrogen-bond donors (Lipinski definition) is 1. The fourth-order valence-corrected chi connectivity index (χ4v) is 2.92. The van der Waals surface area contributed by atoms with E-state index in [1.54, 1.807) is 35.4 Å². The van der Waals surface area contributed by atoms with Gasteiger partial charge in [-0.05, 0) is 18.2 Å². The van der Waals surface area contributed by atoms with Gasteiger partial charge in [0, 0.05) is 38.2 Å². The lowest BCUT2D eigenvalue weighted by atomic mass is 10.1. The van der Waals surface area contributed by atoms with E-state index >= 15 is 0 Å². The molecule has 0 spiro atoms. The molecule has 136 valence electrons. The molecule has 1 aromatic heterocycles. The van der Waals surface area contributed by atoms with Crippen molar-refractivity contribution in [1.82, 2.24) is 9.88 Å². The summed E-state index contributed by atoms with van der Waals surface area (Å²) in [6, 6.07) is 14.0. The van der Waals surface area contributed by atoms with Crippen LogP contribution in [0.15, 0.2) is 54.7 Å². The van der Waals surface area contributed by atoms with Crippen LogP contribution >= 0.6 is 0 Å². The maximum absolute atomic E-state index is 12.9. The fraction of sp³-hybridized carbons (Fsp3) is 0.316. The number of rotatable bonds is 4. The number of carbonyl (C=O) groups is 2. The van der Waals surface area contributed by atoms with E-state index in [4.69, 9.17) is 10.5 Å². The number of carbonyl (C=O) groups excluding carboxylic acids is 2. The number of aromatic nitrogens is 1. The summed E-state index contributed by atoms with van der Waals surface area (Å²) in [4.78, 5) is 32.1. The molecule has 0 unspecified atom stereocenters. The maximum Gasteiger partial charge on any atom is 0.331 e. The molecule has 1 saturated heterocycles. The Morgan fingerprint density at radius 1 is 1.12 bits per heavy atom. The Labute approximate surface area is 152 Å². The van der Waals surface area contributed by atoms with Crippen LogP contribution < -0.4 is 15.4 Å². The smallest absolute Gasteiger partial charge is 0.331 e. The van der Waals surface area contributed by atoms with E-state index in [1.807, 2.05) is 24.3 Å². The van der Waals surface area contributed by atoms with Crippen LogP contribution in [0.4, 0.5) is 10.5 Å². The Hall–Kier alpha value is -2.93. The molecule has 0 atom stereocenters. The minimum absolute atomic E-state index is 0.00401. The summed E-state index contributed by atoms with van der Waals surface area (Å²) in [5.41, 5.74) is 6.02. The normalized spacial score (nSPS) is 14.7. The van der Waals surface area contributed by atoms with E-state index in [2.05, 4.69) is 4.98 Å². The third-order valence-electron chi connectivity index (χ3n) is 4.27. The molecule has 0 radical (unpaired) electrons. The molecular formula is C19H22N4O3. The fourth-order valence-electron chi connectivity index (χ4n) is 2.92. The van der Waals surface area contributed by atoms with Crippen molar-refractivity contribution in [3.05, 3.63) is 54.7 Å². The van der Waals surface area contributed by atoms with Gasteiger partial charge in [0.05, 0.1) is 12.2 Å². The van der Waals surface area contributed by atoms with Crippen molar-refractivity contribution in [1.29, 1.82) is 0 Å². The van der Waals surface area contributed by atoms with E-state index < -0.39 is 5.91 Å². The molecule has 2 aromatic rings. The zero-order valence-corrected chi connectivity index (χ0v) is 14.5. The van der Waals surface area contributed by atoms with Crippen LogP contribution in [0.1, 0.15) is 12.8 Å². The molecule has 3 rings (SSSR count). The van der Waals surface area contributed by atoms with Gasteiger partial charge in [0.25, 0.3) is 0 Å². The quantitative estimate of drug-likeness (QED) is 0.908. The number of piperidine rings is 1. The first-order chi connectivity index (χ1) is 12.7. The van der Waals surface area contributed by atoms with Crippen molar-refractivity contribution in [3.8, 4) is 5.88 Å². The number of hydrogen-bond acceptors (Lipinski definition) is 5. The van der Waals surface area contributed by atoms with Crippen molar-refractivity contribution in [2.75, 3.05) is 24.5 Å². The Bertz CT molecular complexity index is 731. The van der Waals surface area contributed by atoms with Gasteiger partial charge in [-0.1, -0.05) is 24.3 Å². The standard InChI is InChI=1S/C19H22N4O3/c20-14-18(24)23(15-6-2-1-3-7-15)19(25)22-12-9-16(10-13-22)26-17-8-4-5-11-21-17/h1-8,11,16H,9-10,12-14,20H2. The number of benzene rings is 1. The zero-order chi connectivity index (χ0) is 18.4. The lowest BCUT2D eigenvalue weighted by Crippen LogP contribution is -2.51. The summed E-state index contributed by atoms with van der Waals surface area (Å²) in [6.45, 7) is 0.801. The third kappa shape index (κ3) is 4.18. The number of pyridine rings is 1. The number of anilines is 1.